The lowest BCUT2D eigenvalue weighted by Crippen LogP contribution is -2.51. The van der Waals surface area contributed by atoms with Gasteiger partial charge >= 0.3 is 5.97 Å². The van der Waals surface area contributed by atoms with Crippen molar-refractivity contribution in [2.45, 2.75) is 26.2 Å². The maximum atomic E-state index is 11.6. The van der Waals surface area contributed by atoms with Crippen molar-refractivity contribution >= 4 is 5.97 Å². The summed E-state index contributed by atoms with van der Waals surface area (Å²) in [5, 5.41) is 10.8. The van der Waals surface area contributed by atoms with Crippen molar-refractivity contribution in [3.63, 3.8) is 0 Å². The Morgan fingerprint density at radius 2 is 2.41 bits per heavy atom. The van der Waals surface area contributed by atoms with Gasteiger partial charge in [0.1, 0.15) is 0 Å². The molecule has 0 spiro atoms. The fourth-order valence-corrected chi connectivity index (χ4v) is 3.28. The Labute approximate surface area is 100.0 Å². The number of hydrogen-bond acceptors (Lipinski definition) is 4. The molecule has 0 aromatic heterocycles. The molecule has 17 heavy (non-hydrogen) atoms. The zero-order chi connectivity index (χ0) is 12.5. The number of nitrogens with zero attached hydrogens (tertiary/aromatic N) is 1. The number of rotatable bonds is 5. The Balaban J connectivity index is 2.04. The van der Waals surface area contributed by atoms with Crippen LogP contribution in [0.5, 0.6) is 0 Å². The molecule has 2 aliphatic rings. The van der Waals surface area contributed by atoms with Crippen molar-refractivity contribution in [2.24, 2.45) is 17.3 Å². The Hall–Kier alpha value is -1.39. The first kappa shape index (κ1) is 12.1. The lowest BCUT2D eigenvalue weighted by Gasteiger charge is -2.49. The van der Waals surface area contributed by atoms with E-state index in [4.69, 9.17) is 4.74 Å². The summed E-state index contributed by atoms with van der Waals surface area (Å²) < 4.78 is 4.92. The fourth-order valence-electron chi connectivity index (χ4n) is 3.28. The molecule has 0 unspecified atom stereocenters. The smallest absolute Gasteiger partial charge is 0.306 e. The van der Waals surface area contributed by atoms with Crippen molar-refractivity contribution in [1.29, 1.82) is 0 Å². The number of hydrogen-bond donors (Lipinski definition) is 0. The van der Waals surface area contributed by atoms with Crippen molar-refractivity contribution < 1.29 is 14.5 Å². The molecule has 0 heterocycles. The number of nitro groups is 1. The molecule has 1 fully saturated rings. The van der Waals surface area contributed by atoms with Gasteiger partial charge < -0.3 is 4.74 Å². The van der Waals surface area contributed by atoms with Gasteiger partial charge in [0.25, 0.3) is 0 Å². The Morgan fingerprint density at radius 1 is 1.65 bits per heavy atom. The van der Waals surface area contributed by atoms with Gasteiger partial charge in [-0.2, -0.15) is 0 Å². The topological polar surface area (TPSA) is 69.4 Å². The predicted molar refractivity (Wildman–Crippen MR) is 60.9 cm³/mol. The van der Waals surface area contributed by atoms with Crippen molar-refractivity contribution in [3.8, 4) is 0 Å². The van der Waals surface area contributed by atoms with Crippen molar-refractivity contribution in [3.05, 3.63) is 22.3 Å². The second-order valence-electron chi connectivity index (χ2n) is 4.97. The Kier molecular flexibility index (Phi) is 3.17. The van der Waals surface area contributed by atoms with E-state index in [2.05, 4.69) is 12.2 Å². The normalized spacial score (nSPS) is 33.9. The Bertz CT molecular complexity index is 366. The first-order valence-corrected chi connectivity index (χ1v) is 6.01. The van der Waals surface area contributed by atoms with Crippen LogP contribution in [0.1, 0.15) is 26.2 Å². The van der Waals surface area contributed by atoms with Gasteiger partial charge in [-0.15, -0.1) is 0 Å². The molecule has 5 nitrogen and oxygen atoms in total. The fraction of sp³-hybridized carbons (Fsp3) is 0.750. The van der Waals surface area contributed by atoms with Crippen molar-refractivity contribution in [1.82, 2.24) is 0 Å². The van der Waals surface area contributed by atoms with E-state index in [9.17, 15) is 14.9 Å². The summed E-state index contributed by atoms with van der Waals surface area (Å²) in [7, 11) is 0. The molecule has 2 aliphatic carbocycles. The highest BCUT2D eigenvalue weighted by molar-refractivity contribution is 5.70. The van der Waals surface area contributed by atoms with Crippen LogP contribution in [0.4, 0.5) is 0 Å². The number of ether oxygens (including phenoxy) is 1. The Morgan fingerprint density at radius 3 is 3.00 bits per heavy atom. The third-order valence-corrected chi connectivity index (χ3v) is 3.96. The molecule has 0 radical (unpaired) electrons. The van der Waals surface area contributed by atoms with Gasteiger partial charge in [0.2, 0.25) is 6.54 Å². The van der Waals surface area contributed by atoms with E-state index in [0.717, 1.165) is 12.8 Å². The van der Waals surface area contributed by atoms with Crippen molar-refractivity contribution in [2.75, 3.05) is 13.2 Å². The lowest BCUT2D eigenvalue weighted by atomic mass is 9.53. The molecule has 3 atom stereocenters. The molecule has 0 aliphatic heterocycles. The first-order chi connectivity index (χ1) is 8.07. The third-order valence-electron chi connectivity index (χ3n) is 3.96. The number of allylic oxidation sites excluding steroid dienone is 2. The van der Waals surface area contributed by atoms with E-state index in [1.165, 1.54) is 0 Å². The van der Waals surface area contributed by atoms with E-state index < -0.39 is 5.41 Å². The van der Waals surface area contributed by atoms with Gasteiger partial charge in [-0.3, -0.25) is 14.9 Å². The van der Waals surface area contributed by atoms with Crippen LogP contribution in [0, 0.1) is 27.4 Å². The van der Waals surface area contributed by atoms with Crippen LogP contribution in [0.25, 0.3) is 0 Å². The second kappa shape index (κ2) is 4.47. The minimum absolute atomic E-state index is 0.116. The van der Waals surface area contributed by atoms with E-state index in [0.29, 0.717) is 12.5 Å². The molecule has 0 saturated heterocycles. The molecule has 2 rings (SSSR count). The standard InChI is InChI=1S/C12H17NO4/c1-2-17-11(14)7-12(8-13(15)16)6-9-4-3-5-10(9)12/h3-4,9-10H,2,5-8H2,1H3/t9-,10-,12-/m1/s1. The van der Waals surface area contributed by atoms with Gasteiger partial charge in [-0.25, -0.2) is 0 Å². The highest BCUT2D eigenvalue weighted by atomic mass is 16.6. The zero-order valence-corrected chi connectivity index (χ0v) is 9.93. The summed E-state index contributed by atoms with van der Waals surface area (Å²) in [6.45, 7) is 1.97. The zero-order valence-electron chi connectivity index (χ0n) is 9.93. The molecule has 1 saturated carbocycles. The summed E-state index contributed by atoms with van der Waals surface area (Å²) in [4.78, 5) is 22.0. The highest BCUT2D eigenvalue weighted by Gasteiger charge is 2.57. The molecular formula is C12H17NO4. The third kappa shape index (κ3) is 2.18. The van der Waals surface area contributed by atoms with Crippen LogP contribution < -0.4 is 0 Å². The molecule has 5 heteroatoms. The van der Waals surface area contributed by atoms with Crippen LogP contribution in [0.15, 0.2) is 12.2 Å². The molecule has 94 valence electrons. The van der Waals surface area contributed by atoms with E-state index in [-0.39, 0.29) is 29.8 Å². The van der Waals surface area contributed by atoms with Crippen LogP contribution in [0.2, 0.25) is 0 Å². The summed E-state index contributed by atoms with van der Waals surface area (Å²) in [6, 6.07) is 0. The average Bonchev–Trinajstić information content (AvgIpc) is 2.59. The lowest BCUT2D eigenvalue weighted by molar-refractivity contribution is -0.506. The predicted octanol–water partition coefficient (Wildman–Crippen LogP) is 1.80. The summed E-state index contributed by atoms with van der Waals surface area (Å²) >= 11 is 0. The quantitative estimate of drug-likeness (QED) is 0.317. The van der Waals surface area contributed by atoms with Crippen LogP contribution in [-0.2, 0) is 9.53 Å². The van der Waals surface area contributed by atoms with Gasteiger partial charge in [0, 0.05) is 10.3 Å². The van der Waals surface area contributed by atoms with Gasteiger partial charge in [0.05, 0.1) is 13.0 Å². The van der Waals surface area contributed by atoms with Crippen LogP contribution in [-0.4, -0.2) is 24.0 Å². The maximum absolute atomic E-state index is 11.6. The number of esters is 1. The molecule has 0 aromatic rings. The number of carbonyl (C=O) groups excluding carboxylic acids is 1. The molecule has 0 amide bonds. The van der Waals surface area contributed by atoms with Gasteiger partial charge in [0.15, 0.2) is 0 Å². The van der Waals surface area contributed by atoms with Gasteiger partial charge in [-0.05, 0) is 31.6 Å². The number of fused-ring (bicyclic) bond motifs is 1. The molecule has 0 N–H and O–H groups in total. The first-order valence-electron chi connectivity index (χ1n) is 6.01. The minimum Gasteiger partial charge on any atom is -0.466 e. The summed E-state index contributed by atoms with van der Waals surface area (Å²) in [5.74, 6) is 0.390. The largest absolute Gasteiger partial charge is 0.466 e. The van der Waals surface area contributed by atoms with Crippen LogP contribution >= 0.6 is 0 Å². The van der Waals surface area contributed by atoms with E-state index >= 15 is 0 Å². The van der Waals surface area contributed by atoms with Gasteiger partial charge in [-0.1, -0.05) is 12.2 Å². The maximum Gasteiger partial charge on any atom is 0.306 e. The van der Waals surface area contributed by atoms with E-state index in [1.54, 1.807) is 6.92 Å². The minimum atomic E-state index is -0.468. The molecular weight excluding hydrogens is 222 g/mol. The monoisotopic (exact) mass is 239 g/mol. The number of carbonyl (C=O) groups is 1. The average molecular weight is 239 g/mol. The molecule has 0 aromatic carbocycles. The molecule has 0 bridgehead atoms. The summed E-state index contributed by atoms with van der Waals surface area (Å²) in [5.41, 5.74) is -0.468. The SMILES string of the molecule is CCOC(=O)C[C@@]1(C[N+](=O)[O-])C[C@H]2C=CC[C@H]21. The van der Waals surface area contributed by atoms with E-state index in [1.807, 2.05) is 0 Å². The highest BCUT2D eigenvalue weighted by Crippen LogP contribution is 2.58. The van der Waals surface area contributed by atoms with Crippen LogP contribution in [0.3, 0.4) is 0 Å². The second-order valence-corrected chi connectivity index (χ2v) is 4.97. The summed E-state index contributed by atoms with van der Waals surface area (Å²) in [6.07, 6.45) is 5.98.